The van der Waals surface area contributed by atoms with E-state index >= 15 is 0 Å². The highest BCUT2D eigenvalue weighted by Crippen LogP contribution is 2.20. The topological polar surface area (TPSA) is 101 Å². The third-order valence-corrected chi connectivity index (χ3v) is 2.43. The summed E-state index contributed by atoms with van der Waals surface area (Å²) in [5, 5.41) is 11.9. The van der Waals surface area contributed by atoms with Gasteiger partial charge >= 0.3 is 6.09 Å². The number of likely N-dealkylation sites (N-methyl/N-ethyl adjacent to an activating group) is 1. The number of hydrogen-bond acceptors (Lipinski definition) is 5. The Bertz CT molecular complexity index is 482. The fourth-order valence-electron chi connectivity index (χ4n) is 1.58. The van der Waals surface area contributed by atoms with Crippen molar-refractivity contribution in [3.05, 3.63) is 30.1 Å². The fourth-order valence-corrected chi connectivity index (χ4v) is 1.58. The zero-order chi connectivity index (χ0) is 15.3. The highest BCUT2D eigenvalue weighted by molar-refractivity contribution is 5.89. The minimum absolute atomic E-state index is 0.142. The molecule has 0 aliphatic rings. The lowest BCUT2D eigenvalue weighted by Gasteiger charge is -2.29. The quantitative estimate of drug-likeness (QED) is 0.380. The number of carbonyl (C=O) groups is 1. The SMILES string of the molecule is CN(C(=O)OC(C)(C)C)[C@@H](C(N)=NO)c1ccccn1. The Hall–Kier alpha value is -2.31. The molecule has 0 unspecified atom stereocenters. The van der Waals surface area contributed by atoms with E-state index in [1.165, 1.54) is 11.9 Å². The Morgan fingerprint density at radius 3 is 2.60 bits per heavy atom. The Morgan fingerprint density at radius 2 is 2.15 bits per heavy atom. The number of amidine groups is 1. The zero-order valence-electron chi connectivity index (χ0n) is 12.1. The monoisotopic (exact) mass is 280 g/mol. The Balaban J connectivity index is 3.04. The van der Waals surface area contributed by atoms with E-state index in [2.05, 4.69) is 10.1 Å². The zero-order valence-corrected chi connectivity index (χ0v) is 12.1. The molecule has 0 aromatic carbocycles. The van der Waals surface area contributed by atoms with Crippen LogP contribution >= 0.6 is 0 Å². The molecule has 7 nitrogen and oxygen atoms in total. The van der Waals surface area contributed by atoms with Crippen LogP contribution < -0.4 is 5.73 Å². The van der Waals surface area contributed by atoms with Gasteiger partial charge in [-0.3, -0.25) is 9.88 Å². The summed E-state index contributed by atoms with van der Waals surface area (Å²) in [6.45, 7) is 5.29. The van der Waals surface area contributed by atoms with E-state index < -0.39 is 17.7 Å². The summed E-state index contributed by atoms with van der Waals surface area (Å²) in [5.74, 6) is -0.142. The van der Waals surface area contributed by atoms with E-state index in [-0.39, 0.29) is 5.84 Å². The van der Waals surface area contributed by atoms with Gasteiger partial charge in [-0.25, -0.2) is 4.79 Å². The summed E-state index contributed by atoms with van der Waals surface area (Å²) in [6.07, 6.45) is 0.982. The predicted octanol–water partition coefficient (Wildman–Crippen LogP) is 1.74. The van der Waals surface area contributed by atoms with Gasteiger partial charge in [0.15, 0.2) is 5.84 Å². The largest absolute Gasteiger partial charge is 0.444 e. The van der Waals surface area contributed by atoms with Crippen molar-refractivity contribution in [3.63, 3.8) is 0 Å². The third kappa shape index (κ3) is 4.11. The molecule has 3 N–H and O–H groups in total. The Kier molecular flexibility index (Phi) is 4.90. The molecule has 0 spiro atoms. The molecule has 0 aliphatic carbocycles. The van der Waals surface area contributed by atoms with Crippen LogP contribution in [-0.2, 0) is 4.74 Å². The number of oxime groups is 1. The van der Waals surface area contributed by atoms with Crippen LogP contribution in [0, 0.1) is 0 Å². The van der Waals surface area contributed by atoms with Crippen molar-refractivity contribution in [2.45, 2.75) is 32.4 Å². The fraction of sp³-hybridized carbons (Fsp3) is 0.462. The summed E-state index contributed by atoms with van der Waals surface area (Å²) in [6, 6.07) is 4.38. The first-order chi connectivity index (χ1) is 9.26. The summed E-state index contributed by atoms with van der Waals surface area (Å²) in [5.41, 5.74) is 5.51. The predicted molar refractivity (Wildman–Crippen MR) is 74.4 cm³/mol. The van der Waals surface area contributed by atoms with Crippen molar-refractivity contribution in [2.75, 3.05) is 7.05 Å². The second kappa shape index (κ2) is 6.23. The molecule has 0 radical (unpaired) electrons. The van der Waals surface area contributed by atoms with E-state index in [1.807, 2.05) is 0 Å². The smallest absolute Gasteiger partial charge is 0.410 e. The van der Waals surface area contributed by atoms with Crippen LogP contribution in [-0.4, -0.2) is 39.7 Å². The highest BCUT2D eigenvalue weighted by atomic mass is 16.6. The molecular weight excluding hydrogens is 260 g/mol. The number of carbonyl (C=O) groups excluding carboxylic acids is 1. The molecule has 1 atom stereocenters. The maximum absolute atomic E-state index is 12.1. The lowest BCUT2D eigenvalue weighted by Crippen LogP contribution is -2.42. The van der Waals surface area contributed by atoms with Gasteiger partial charge in [-0.2, -0.15) is 0 Å². The third-order valence-electron chi connectivity index (χ3n) is 2.43. The maximum atomic E-state index is 12.1. The molecule has 1 aromatic heterocycles. The number of nitrogens with two attached hydrogens (primary N) is 1. The van der Waals surface area contributed by atoms with Gasteiger partial charge in [0.25, 0.3) is 0 Å². The first-order valence-electron chi connectivity index (χ1n) is 6.10. The summed E-state index contributed by atoms with van der Waals surface area (Å²) in [4.78, 5) is 17.4. The van der Waals surface area contributed by atoms with Crippen LogP contribution in [0.15, 0.2) is 29.6 Å². The van der Waals surface area contributed by atoms with Crippen molar-refractivity contribution in [2.24, 2.45) is 10.9 Å². The van der Waals surface area contributed by atoms with Gasteiger partial charge < -0.3 is 15.7 Å². The van der Waals surface area contributed by atoms with Gasteiger partial charge in [-0.05, 0) is 32.9 Å². The molecular formula is C13H20N4O3. The van der Waals surface area contributed by atoms with Crippen molar-refractivity contribution in [1.29, 1.82) is 0 Å². The van der Waals surface area contributed by atoms with Gasteiger partial charge in [-0.15, -0.1) is 0 Å². The van der Waals surface area contributed by atoms with Gasteiger partial charge in [0.2, 0.25) is 0 Å². The van der Waals surface area contributed by atoms with Crippen LogP contribution in [0.2, 0.25) is 0 Å². The van der Waals surface area contributed by atoms with E-state index in [0.717, 1.165) is 0 Å². The summed E-state index contributed by atoms with van der Waals surface area (Å²) >= 11 is 0. The second-order valence-corrected chi connectivity index (χ2v) is 5.27. The van der Waals surface area contributed by atoms with Gasteiger partial charge in [0, 0.05) is 13.2 Å². The highest BCUT2D eigenvalue weighted by Gasteiger charge is 2.30. The summed E-state index contributed by atoms with van der Waals surface area (Å²) in [7, 11) is 1.51. The minimum atomic E-state index is -0.795. The van der Waals surface area contributed by atoms with E-state index in [0.29, 0.717) is 5.69 Å². The standard InChI is InChI=1S/C13H20N4O3/c1-13(2,3)20-12(18)17(4)10(11(14)16-19)9-7-5-6-8-15-9/h5-8,10,19H,1-4H3,(H2,14,16)/t10-/m1/s1. The Morgan fingerprint density at radius 1 is 1.50 bits per heavy atom. The molecule has 0 fully saturated rings. The number of ether oxygens (including phenoxy) is 1. The molecule has 1 amide bonds. The van der Waals surface area contributed by atoms with E-state index in [9.17, 15) is 4.79 Å². The van der Waals surface area contributed by atoms with E-state index in [1.54, 1.807) is 45.2 Å². The maximum Gasteiger partial charge on any atom is 0.410 e. The lowest BCUT2D eigenvalue weighted by atomic mass is 10.1. The first-order valence-corrected chi connectivity index (χ1v) is 6.10. The molecule has 110 valence electrons. The molecule has 7 heteroatoms. The number of amides is 1. The average molecular weight is 280 g/mol. The van der Waals surface area contributed by atoms with Crippen molar-refractivity contribution >= 4 is 11.9 Å². The molecule has 0 aliphatic heterocycles. The molecule has 1 rings (SSSR count). The molecule has 20 heavy (non-hydrogen) atoms. The Labute approximate surface area is 118 Å². The van der Waals surface area contributed by atoms with Crippen molar-refractivity contribution in [1.82, 2.24) is 9.88 Å². The number of aromatic nitrogens is 1. The average Bonchev–Trinajstić information content (AvgIpc) is 2.37. The van der Waals surface area contributed by atoms with Crippen LogP contribution in [0.4, 0.5) is 4.79 Å². The first kappa shape index (κ1) is 15.7. The minimum Gasteiger partial charge on any atom is -0.444 e. The van der Waals surface area contributed by atoms with Gasteiger partial charge in [-0.1, -0.05) is 11.2 Å². The second-order valence-electron chi connectivity index (χ2n) is 5.27. The summed E-state index contributed by atoms with van der Waals surface area (Å²) < 4.78 is 5.26. The molecule has 0 saturated carbocycles. The van der Waals surface area contributed by atoms with Gasteiger partial charge in [0.1, 0.15) is 11.6 Å². The number of nitrogens with zero attached hydrogens (tertiary/aromatic N) is 3. The van der Waals surface area contributed by atoms with Crippen LogP contribution in [0.1, 0.15) is 32.5 Å². The van der Waals surface area contributed by atoms with Crippen molar-refractivity contribution < 1.29 is 14.7 Å². The lowest BCUT2D eigenvalue weighted by molar-refractivity contribution is 0.0261. The van der Waals surface area contributed by atoms with Crippen LogP contribution in [0.5, 0.6) is 0 Å². The normalized spacial score (nSPS) is 13.7. The number of pyridine rings is 1. The molecule has 1 aromatic rings. The van der Waals surface area contributed by atoms with Crippen molar-refractivity contribution in [3.8, 4) is 0 Å². The molecule has 0 bridgehead atoms. The number of rotatable bonds is 3. The molecule has 0 saturated heterocycles. The van der Waals surface area contributed by atoms with Gasteiger partial charge in [0.05, 0.1) is 5.69 Å². The molecule has 1 heterocycles. The van der Waals surface area contributed by atoms with Crippen LogP contribution in [0.3, 0.4) is 0 Å². The van der Waals surface area contributed by atoms with Crippen LogP contribution in [0.25, 0.3) is 0 Å². The number of hydrogen-bond donors (Lipinski definition) is 2. The van der Waals surface area contributed by atoms with E-state index in [4.69, 9.17) is 15.7 Å².